The molecular weight excluding hydrogens is 368 g/mol. The first kappa shape index (κ1) is 20.1. The number of para-hydroxylation sites is 1. The van der Waals surface area contributed by atoms with Crippen LogP contribution in [0, 0.1) is 0 Å². The molecule has 0 radical (unpaired) electrons. The van der Waals surface area contributed by atoms with Gasteiger partial charge in [0.2, 0.25) is 0 Å². The number of aromatic nitrogens is 2. The van der Waals surface area contributed by atoms with Crippen LogP contribution in [0.3, 0.4) is 0 Å². The van der Waals surface area contributed by atoms with E-state index in [9.17, 15) is 9.59 Å². The number of ether oxygens (including phenoxy) is 1. The second kappa shape index (κ2) is 8.60. The maximum Gasteiger partial charge on any atom is 0.276 e. The third kappa shape index (κ3) is 5.22. The Morgan fingerprint density at radius 1 is 1.00 bits per heavy atom. The normalized spacial score (nSPS) is 11.0. The van der Waals surface area contributed by atoms with Gasteiger partial charge < -0.3 is 4.74 Å². The first-order chi connectivity index (χ1) is 13.8. The number of rotatable bonds is 5. The highest BCUT2D eigenvalue weighted by molar-refractivity contribution is 5.95. The molecule has 3 aromatic rings. The van der Waals surface area contributed by atoms with Gasteiger partial charge in [-0.25, -0.2) is 0 Å². The standard InChI is InChI=1S/C22H24N4O3/c1-22(2,3)26-14-17(13-23-26)21(28)25-24-20(27)15-29-19-12-8-7-11-18(19)16-9-5-4-6-10-16/h4-14H,15H2,1-3H3,(H,24,27)(H,25,28). The van der Waals surface area contributed by atoms with E-state index in [1.165, 1.54) is 6.20 Å². The van der Waals surface area contributed by atoms with E-state index in [0.717, 1.165) is 11.1 Å². The van der Waals surface area contributed by atoms with E-state index in [4.69, 9.17) is 4.74 Å². The van der Waals surface area contributed by atoms with Crippen LogP contribution in [0.1, 0.15) is 31.1 Å². The molecule has 150 valence electrons. The lowest BCUT2D eigenvalue weighted by Gasteiger charge is -2.18. The predicted molar refractivity (Wildman–Crippen MR) is 110 cm³/mol. The molecule has 0 bridgehead atoms. The van der Waals surface area contributed by atoms with Crippen LogP contribution in [0.2, 0.25) is 0 Å². The fraction of sp³-hybridized carbons (Fsp3) is 0.227. The minimum absolute atomic E-state index is 0.231. The zero-order chi connectivity index (χ0) is 20.9. The Morgan fingerprint density at radius 3 is 2.38 bits per heavy atom. The number of benzene rings is 2. The molecule has 2 aromatic carbocycles. The summed E-state index contributed by atoms with van der Waals surface area (Å²) < 4.78 is 7.35. The summed E-state index contributed by atoms with van der Waals surface area (Å²) in [6.45, 7) is 5.71. The summed E-state index contributed by atoms with van der Waals surface area (Å²) >= 11 is 0. The number of carbonyl (C=O) groups excluding carboxylic acids is 2. The molecular formula is C22H24N4O3. The molecule has 1 heterocycles. The maximum atomic E-state index is 12.2. The largest absolute Gasteiger partial charge is 0.483 e. The third-order valence-corrected chi connectivity index (χ3v) is 4.18. The van der Waals surface area contributed by atoms with Crippen molar-refractivity contribution in [3.05, 3.63) is 72.6 Å². The van der Waals surface area contributed by atoms with Crippen LogP contribution in [-0.2, 0) is 10.3 Å². The summed E-state index contributed by atoms with van der Waals surface area (Å²) in [6, 6.07) is 17.2. The summed E-state index contributed by atoms with van der Waals surface area (Å²) in [7, 11) is 0. The molecule has 0 atom stereocenters. The highest BCUT2D eigenvalue weighted by atomic mass is 16.5. The SMILES string of the molecule is CC(C)(C)n1cc(C(=O)NNC(=O)COc2ccccc2-c2ccccc2)cn1. The lowest BCUT2D eigenvalue weighted by molar-refractivity contribution is -0.123. The van der Waals surface area contributed by atoms with Gasteiger partial charge in [0.25, 0.3) is 11.8 Å². The number of amides is 2. The number of nitrogens with zero attached hydrogens (tertiary/aromatic N) is 2. The van der Waals surface area contributed by atoms with Crippen LogP contribution in [0.5, 0.6) is 5.75 Å². The minimum atomic E-state index is -0.468. The predicted octanol–water partition coefficient (Wildman–Crippen LogP) is 3.15. The molecule has 0 aliphatic carbocycles. The fourth-order valence-corrected chi connectivity index (χ4v) is 2.63. The number of nitrogens with one attached hydrogen (secondary N) is 2. The molecule has 1 aromatic heterocycles. The summed E-state index contributed by atoms with van der Waals surface area (Å²) in [4.78, 5) is 24.3. The van der Waals surface area contributed by atoms with Crippen molar-refractivity contribution < 1.29 is 14.3 Å². The van der Waals surface area contributed by atoms with Gasteiger partial charge in [0, 0.05) is 11.8 Å². The van der Waals surface area contributed by atoms with E-state index >= 15 is 0 Å². The van der Waals surface area contributed by atoms with Gasteiger partial charge in [0.1, 0.15) is 5.75 Å². The molecule has 0 spiro atoms. The molecule has 2 amide bonds. The van der Waals surface area contributed by atoms with Crippen molar-refractivity contribution in [1.29, 1.82) is 0 Å². The van der Waals surface area contributed by atoms with Crippen LogP contribution >= 0.6 is 0 Å². The molecule has 7 heteroatoms. The first-order valence-corrected chi connectivity index (χ1v) is 9.26. The highest BCUT2D eigenvalue weighted by Gasteiger charge is 2.17. The van der Waals surface area contributed by atoms with Crippen LogP contribution in [-0.4, -0.2) is 28.2 Å². The molecule has 0 unspecified atom stereocenters. The van der Waals surface area contributed by atoms with Crippen molar-refractivity contribution >= 4 is 11.8 Å². The summed E-state index contributed by atoms with van der Waals surface area (Å²) in [6.07, 6.45) is 3.09. The fourth-order valence-electron chi connectivity index (χ4n) is 2.63. The van der Waals surface area contributed by atoms with Gasteiger partial charge >= 0.3 is 0 Å². The van der Waals surface area contributed by atoms with E-state index in [1.807, 2.05) is 69.3 Å². The number of hydrogen-bond donors (Lipinski definition) is 2. The van der Waals surface area contributed by atoms with E-state index in [2.05, 4.69) is 16.0 Å². The Balaban J connectivity index is 1.55. The van der Waals surface area contributed by atoms with Crippen LogP contribution < -0.4 is 15.6 Å². The Bertz CT molecular complexity index is 991. The monoisotopic (exact) mass is 392 g/mol. The molecule has 29 heavy (non-hydrogen) atoms. The van der Waals surface area contributed by atoms with Gasteiger partial charge in [0.15, 0.2) is 6.61 Å². The van der Waals surface area contributed by atoms with Crippen LogP contribution in [0.15, 0.2) is 67.0 Å². The van der Waals surface area contributed by atoms with Gasteiger partial charge in [-0.15, -0.1) is 0 Å². The molecule has 3 rings (SSSR count). The molecule has 2 N–H and O–H groups in total. The second-order valence-corrected chi connectivity index (χ2v) is 7.50. The smallest absolute Gasteiger partial charge is 0.276 e. The van der Waals surface area contributed by atoms with Crippen molar-refractivity contribution in [3.8, 4) is 16.9 Å². The Labute approximate surface area is 169 Å². The Kier molecular flexibility index (Phi) is 5.97. The molecule has 0 aliphatic heterocycles. The maximum absolute atomic E-state index is 12.2. The lowest BCUT2D eigenvalue weighted by atomic mass is 10.1. The lowest BCUT2D eigenvalue weighted by Crippen LogP contribution is -2.43. The zero-order valence-electron chi connectivity index (χ0n) is 16.7. The first-order valence-electron chi connectivity index (χ1n) is 9.26. The van der Waals surface area contributed by atoms with E-state index < -0.39 is 11.8 Å². The Morgan fingerprint density at radius 2 is 1.69 bits per heavy atom. The topological polar surface area (TPSA) is 85.2 Å². The highest BCUT2D eigenvalue weighted by Crippen LogP contribution is 2.29. The Hall–Kier alpha value is -3.61. The van der Waals surface area contributed by atoms with E-state index in [-0.39, 0.29) is 12.1 Å². The average Bonchev–Trinajstić information content (AvgIpc) is 3.22. The molecule has 0 fully saturated rings. The van der Waals surface area contributed by atoms with Crippen LogP contribution in [0.4, 0.5) is 0 Å². The number of hydrogen-bond acceptors (Lipinski definition) is 4. The van der Waals surface area contributed by atoms with Gasteiger partial charge in [-0.05, 0) is 32.4 Å². The average molecular weight is 392 g/mol. The number of hydrazine groups is 1. The third-order valence-electron chi connectivity index (χ3n) is 4.18. The minimum Gasteiger partial charge on any atom is -0.483 e. The van der Waals surface area contributed by atoms with Crippen molar-refractivity contribution in [3.63, 3.8) is 0 Å². The molecule has 0 saturated carbocycles. The van der Waals surface area contributed by atoms with Gasteiger partial charge in [0.05, 0.1) is 17.3 Å². The second-order valence-electron chi connectivity index (χ2n) is 7.50. The van der Waals surface area contributed by atoms with Gasteiger partial charge in [-0.2, -0.15) is 5.10 Å². The zero-order valence-corrected chi connectivity index (χ0v) is 16.7. The number of carbonyl (C=O) groups is 2. The van der Waals surface area contributed by atoms with E-state index in [0.29, 0.717) is 11.3 Å². The van der Waals surface area contributed by atoms with Crippen molar-refractivity contribution in [2.75, 3.05) is 6.61 Å². The van der Waals surface area contributed by atoms with Gasteiger partial charge in [-0.3, -0.25) is 25.1 Å². The van der Waals surface area contributed by atoms with Crippen LogP contribution in [0.25, 0.3) is 11.1 Å². The molecule has 7 nitrogen and oxygen atoms in total. The quantitative estimate of drug-likeness (QED) is 0.653. The van der Waals surface area contributed by atoms with Gasteiger partial charge in [-0.1, -0.05) is 48.5 Å². The summed E-state index contributed by atoms with van der Waals surface area (Å²) in [5.74, 6) is -0.324. The summed E-state index contributed by atoms with van der Waals surface area (Å²) in [5, 5.41) is 4.17. The molecule has 0 aliphatic rings. The van der Waals surface area contributed by atoms with Crippen molar-refractivity contribution in [2.24, 2.45) is 0 Å². The van der Waals surface area contributed by atoms with E-state index in [1.54, 1.807) is 16.9 Å². The van der Waals surface area contributed by atoms with Crippen molar-refractivity contribution in [1.82, 2.24) is 20.6 Å². The summed E-state index contributed by atoms with van der Waals surface area (Å²) in [5.41, 5.74) is 6.74. The van der Waals surface area contributed by atoms with Crippen molar-refractivity contribution in [2.45, 2.75) is 26.3 Å². The molecule has 0 saturated heterocycles.